The molecule has 150 valence electrons. The fourth-order valence-corrected chi connectivity index (χ4v) is 4.33. The Bertz CT molecular complexity index is 988. The zero-order chi connectivity index (χ0) is 20.8. The standard InChI is InChI=1S/C21H20BrN3O2S2/c1-13(23-14(2)26)15-3-5-16(6-4-15)19-11-29-21(24-19)25-20(27)12-28-18-9-7-17(22)8-10-18/h3-11,13H,12H2,1-2H3,(H,23,26)(H,24,25,27). The van der Waals surface area contributed by atoms with Gasteiger partial charge in [0.15, 0.2) is 5.13 Å². The van der Waals surface area contributed by atoms with E-state index in [4.69, 9.17) is 0 Å². The summed E-state index contributed by atoms with van der Waals surface area (Å²) < 4.78 is 1.01. The van der Waals surface area contributed by atoms with Crippen LogP contribution in [0.2, 0.25) is 0 Å². The van der Waals surface area contributed by atoms with Gasteiger partial charge in [-0.2, -0.15) is 0 Å². The lowest BCUT2D eigenvalue weighted by molar-refractivity contribution is -0.119. The summed E-state index contributed by atoms with van der Waals surface area (Å²) in [6.07, 6.45) is 0. The van der Waals surface area contributed by atoms with Gasteiger partial charge in [0.05, 0.1) is 17.5 Å². The van der Waals surface area contributed by atoms with Gasteiger partial charge in [-0.05, 0) is 36.8 Å². The van der Waals surface area contributed by atoms with Crippen molar-refractivity contribution in [1.82, 2.24) is 10.3 Å². The van der Waals surface area contributed by atoms with Gasteiger partial charge in [-0.1, -0.05) is 40.2 Å². The number of hydrogen-bond acceptors (Lipinski definition) is 5. The second-order valence-electron chi connectivity index (χ2n) is 6.37. The first kappa shape index (κ1) is 21.5. The van der Waals surface area contributed by atoms with Crippen LogP contribution in [0.4, 0.5) is 5.13 Å². The fourth-order valence-electron chi connectivity index (χ4n) is 2.63. The van der Waals surface area contributed by atoms with E-state index in [1.54, 1.807) is 0 Å². The predicted molar refractivity (Wildman–Crippen MR) is 123 cm³/mol. The third kappa shape index (κ3) is 6.42. The molecule has 0 aliphatic carbocycles. The maximum absolute atomic E-state index is 12.2. The van der Waals surface area contributed by atoms with Crippen molar-refractivity contribution in [3.05, 3.63) is 63.9 Å². The van der Waals surface area contributed by atoms with Crippen molar-refractivity contribution in [3.8, 4) is 11.3 Å². The topological polar surface area (TPSA) is 71.1 Å². The molecule has 1 aromatic heterocycles. The molecule has 0 aliphatic rings. The summed E-state index contributed by atoms with van der Waals surface area (Å²) in [5.74, 6) is 0.185. The molecule has 0 saturated carbocycles. The number of halogens is 1. The second-order valence-corrected chi connectivity index (χ2v) is 9.20. The van der Waals surface area contributed by atoms with E-state index in [1.807, 2.05) is 60.8 Å². The molecule has 8 heteroatoms. The molecule has 0 aliphatic heterocycles. The van der Waals surface area contributed by atoms with E-state index >= 15 is 0 Å². The number of benzene rings is 2. The minimum Gasteiger partial charge on any atom is -0.350 e. The van der Waals surface area contributed by atoms with Crippen molar-refractivity contribution < 1.29 is 9.59 Å². The number of aromatic nitrogens is 1. The monoisotopic (exact) mass is 489 g/mol. The lowest BCUT2D eigenvalue weighted by Gasteiger charge is -2.13. The van der Waals surface area contributed by atoms with Crippen LogP contribution in [0.25, 0.3) is 11.3 Å². The smallest absolute Gasteiger partial charge is 0.236 e. The quantitative estimate of drug-likeness (QED) is 0.429. The van der Waals surface area contributed by atoms with Gasteiger partial charge in [-0.15, -0.1) is 23.1 Å². The van der Waals surface area contributed by atoms with Crippen molar-refractivity contribution >= 4 is 56.0 Å². The van der Waals surface area contributed by atoms with Crippen LogP contribution in [0, 0.1) is 0 Å². The highest BCUT2D eigenvalue weighted by Gasteiger charge is 2.10. The Labute approximate surface area is 186 Å². The molecule has 0 fully saturated rings. The van der Waals surface area contributed by atoms with Gasteiger partial charge in [0.2, 0.25) is 11.8 Å². The summed E-state index contributed by atoms with van der Waals surface area (Å²) >= 11 is 6.28. The average Bonchev–Trinajstić information content (AvgIpc) is 3.15. The first-order valence-corrected chi connectivity index (χ1v) is 11.6. The number of anilines is 1. The zero-order valence-corrected chi connectivity index (χ0v) is 19.2. The number of nitrogens with zero attached hydrogens (tertiary/aromatic N) is 1. The maximum Gasteiger partial charge on any atom is 0.236 e. The SMILES string of the molecule is CC(=O)NC(C)c1ccc(-c2csc(NC(=O)CSc3ccc(Br)cc3)n2)cc1. The second kappa shape index (κ2) is 10.0. The van der Waals surface area contributed by atoms with Crippen molar-refractivity contribution in [2.75, 3.05) is 11.1 Å². The molecule has 0 radical (unpaired) electrons. The Balaban J connectivity index is 1.56. The normalized spacial score (nSPS) is 11.7. The van der Waals surface area contributed by atoms with Gasteiger partial charge in [0, 0.05) is 27.2 Å². The molecule has 2 amide bonds. The summed E-state index contributed by atoms with van der Waals surface area (Å²) in [5.41, 5.74) is 2.80. The van der Waals surface area contributed by atoms with Crippen molar-refractivity contribution in [2.45, 2.75) is 24.8 Å². The predicted octanol–water partition coefficient (Wildman–Crippen LogP) is 5.50. The number of carbonyl (C=O) groups is 2. The number of carbonyl (C=O) groups excluding carboxylic acids is 2. The highest BCUT2D eigenvalue weighted by Crippen LogP contribution is 2.27. The Kier molecular flexibility index (Phi) is 7.46. The Morgan fingerprint density at radius 1 is 1.14 bits per heavy atom. The highest BCUT2D eigenvalue weighted by atomic mass is 79.9. The highest BCUT2D eigenvalue weighted by molar-refractivity contribution is 9.10. The van der Waals surface area contributed by atoms with Gasteiger partial charge >= 0.3 is 0 Å². The lowest BCUT2D eigenvalue weighted by atomic mass is 10.1. The van der Waals surface area contributed by atoms with Crippen LogP contribution in [-0.2, 0) is 9.59 Å². The molecule has 0 spiro atoms. The van der Waals surface area contributed by atoms with E-state index in [9.17, 15) is 9.59 Å². The molecule has 3 rings (SSSR count). The minimum atomic E-state index is -0.0849. The molecule has 2 aromatic carbocycles. The average molecular weight is 490 g/mol. The Morgan fingerprint density at radius 3 is 2.48 bits per heavy atom. The van der Waals surface area contributed by atoms with Crippen LogP contribution >= 0.6 is 39.0 Å². The van der Waals surface area contributed by atoms with Crippen LogP contribution in [0.5, 0.6) is 0 Å². The van der Waals surface area contributed by atoms with Crippen LogP contribution in [0.1, 0.15) is 25.5 Å². The summed E-state index contributed by atoms with van der Waals surface area (Å²) in [4.78, 5) is 28.9. The molecule has 2 N–H and O–H groups in total. The van der Waals surface area contributed by atoms with E-state index in [2.05, 4.69) is 31.5 Å². The summed E-state index contributed by atoms with van der Waals surface area (Å²) in [6.45, 7) is 3.45. The van der Waals surface area contributed by atoms with Crippen LogP contribution in [0.15, 0.2) is 63.3 Å². The number of rotatable bonds is 7. The first-order valence-electron chi connectivity index (χ1n) is 8.92. The van der Waals surface area contributed by atoms with E-state index in [1.165, 1.54) is 30.0 Å². The third-order valence-electron chi connectivity index (χ3n) is 4.06. The largest absolute Gasteiger partial charge is 0.350 e. The van der Waals surface area contributed by atoms with Crippen molar-refractivity contribution in [3.63, 3.8) is 0 Å². The molecular weight excluding hydrogens is 470 g/mol. The molecule has 29 heavy (non-hydrogen) atoms. The molecule has 0 saturated heterocycles. The minimum absolute atomic E-state index is 0.0462. The molecule has 3 aromatic rings. The molecule has 5 nitrogen and oxygen atoms in total. The first-order chi connectivity index (χ1) is 13.9. The van der Waals surface area contributed by atoms with Crippen molar-refractivity contribution in [2.24, 2.45) is 0 Å². The van der Waals surface area contributed by atoms with Gasteiger partial charge in [0.1, 0.15) is 0 Å². The Morgan fingerprint density at radius 2 is 1.83 bits per heavy atom. The summed E-state index contributed by atoms with van der Waals surface area (Å²) in [6, 6.07) is 15.7. The lowest BCUT2D eigenvalue weighted by Crippen LogP contribution is -2.23. The number of amides is 2. The molecular formula is C21H20BrN3O2S2. The van der Waals surface area contributed by atoms with Crippen molar-refractivity contribution in [1.29, 1.82) is 0 Å². The zero-order valence-electron chi connectivity index (χ0n) is 15.9. The van der Waals surface area contributed by atoms with Crippen LogP contribution < -0.4 is 10.6 Å². The van der Waals surface area contributed by atoms with E-state index in [-0.39, 0.29) is 17.9 Å². The number of hydrogen-bond donors (Lipinski definition) is 2. The molecule has 0 bridgehead atoms. The maximum atomic E-state index is 12.2. The van der Waals surface area contributed by atoms with Gasteiger partial charge in [-0.25, -0.2) is 4.98 Å². The number of thioether (sulfide) groups is 1. The number of thiazole rings is 1. The number of nitrogens with one attached hydrogen (secondary N) is 2. The van der Waals surface area contributed by atoms with E-state index < -0.39 is 0 Å². The van der Waals surface area contributed by atoms with E-state index in [0.29, 0.717) is 10.9 Å². The summed E-state index contributed by atoms with van der Waals surface area (Å²) in [7, 11) is 0. The van der Waals surface area contributed by atoms with Gasteiger partial charge in [-0.3, -0.25) is 9.59 Å². The third-order valence-corrected chi connectivity index (χ3v) is 6.36. The van der Waals surface area contributed by atoms with Crippen LogP contribution in [0.3, 0.4) is 0 Å². The molecule has 1 heterocycles. The molecule has 1 unspecified atom stereocenters. The Hall–Kier alpha value is -2.16. The fraction of sp³-hybridized carbons (Fsp3) is 0.190. The van der Waals surface area contributed by atoms with E-state index in [0.717, 1.165) is 26.2 Å². The summed E-state index contributed by atoms with van der Waals surface area (Å²) in [5, 5.41) is 8.22. The van der Waals surface area contributed by atoms with Gasteiger partial charge in [0.25, 0.3) is 0 Å². The van der Waals surface area contributed by atoms with Crippen LogP contribution in [-0.4, -0.2) is 22.6 Å². The molecule has 1 atom stereocenters. The van der Waals surface area contributed by atoms with Gasteiger partial charge < -0.3 is 10.6 Å².